The minimum Gasteiger partial charge on any atom is -0.463 e. The Kier molecular flexibility index (Phi) is 43.7. The Morgan fingerprint density at radius 1 is 0.480 bits per heavy atom. The Morgan fingerprint density at radius 3 is 1.18 bits per heavy atom. The first-order valence-corrected chi connectivity index (χ1v) is 20.6. The molecule has 0 amide bonds. The fourth-order valence-electron chi connectivity index (χ4n) is 5.37. The van der Waals surface area contributed by atoms with Gasteiger partial charge in [-0.3, -0.25) is 9.59 Å². The first kappa shape index (κ1) is 50.4. The van der Waals surface area contributed by atoms with Crippen molar-refractivity contribution in [1.82, 2.24) is 0 Å². The highest BCUT2D eigenvalue weighted by Gasteiger charge is 2.11. The molecular weight excluding hydrogens is 632 g/mol. The molecule has 0 heterocycles. The first-order valence-electron chi connectivity index (χ1n) is 20.6. The van der Waals surface area contributed by atoms with Gasteiger partial charge in [0.2, 0.25) is 0 Å². The molecule has 0 aromatic carbocycles. The van der Waals surface area contributed by atoms with Gasteiger partial charge in [-0.15, -0.1) is 0 Å². The zero-order valence-corrected chi connectivity index (χ0v) is 32.5. The molecule has 0 saturated heterocycles. The maximum atomic E-state index is 11.5. The lowest BCUT2D eigenvalue weighted by Crippen LogP contribution is -2.25. The van der Waals surface area contributed by atoms with E-state index < -0.39 is 12.2 Å². The van der Waals surface area contributed by atoms with E-state index in [2.05, 4.69) is 38.2 Å². The molecule has 8 nitrogen and oxygen atoms in total. The van der Waals surface area contributed by atoms with Crippen LogP contribution in [0, 0.1) is 0 Å². The van der Waals surface area contributed by atoms with E-state index in [0.29, 0.717) is 12.8 Å². The lowest BCUT2D eigenvalue weighted by atomic mass is 10.1. The predicted molar refractivity (Wildman–Crippen MR) is 207 cm³/mol. The van der Waals surface area contributed by atoms with E-state index >= 15 is 0 Å². The Balaban J connectivity index is 0. The van der Waals surface area contributed by atoms with Gasteiger partial charge in [-0.25, -0.2) is 0 Å². The van der Waals surface area contributed by atoms with Gasteiger partial charge in [-0.2, -0.15) is 0 Å². The zero-order valence-electron chi connectivity index (χ0n) is 32.5. The van der Waals surface area contributed by atoms with Crippen LogP contribution < -0.4 is 0 Å². The van der Waals surface area contributed by atoms with Crippen LogP contribution >= 0.6 is 0 Å². The predicted octanol–water partition coefficient (Wildman–Crippen LogP) is 9.84. The average molecular weight is 713 g/mol. The number of aliphatic hydroxyl groups is 4. The van der Waals surface area contributed by atoms with E-state index in [0.717, 1.165) is 51.4 Å². The van der Waals surface area contributed by atoms with Crippen molar-refractivity contribution in [3.05, 3.63) is 24.3 Å². The molecule has 0 aromatic heterocycles. The van der Waals surface area contributed by atoms with E-state index in [1.54, 1.807) is 0 Å². The van der Waals surface area contributed by atoms with E-state index in [9.17, 15) is 9.59 Å². The number of hydrogen-bond acceptors (Lipinski definition) is 8. The maximum Gasteiger partial charge on any atom is 0.306 e. The van der Waals surface area contributed by atoms with Gasteiger partial charge < -0.3 is 29.9 Å². The van der Waals surface area contributed by atoms with Crippen LogP contribution in [-0.2, 0) is 19.1 Å². The standard InChI is InChI=1S/2C21H40O4/c1-2-3-4-5-6-7-8-9-10-11-12-13-14-15-16-17-21(24)25-19-20(23)18-22;1-2-3-4-5-6-7-8-9-10-11-12-13-14-15-16-17-21(24)25-20(18-22)19-23/h2*9-10,20,22-23H,2-8,11-19H2,1H3. The van der Waals surface area contributed by atoms with Gasteiger partial charge in [0, 0.05) is 12.8 Å². The van der Waals surface area contributed by atoms with Crippen molar-refractivity contribution in [2.45, 2.75) is 206 Å². The summed E-state index contributed by atoms with van der Waals surface area (Å²) in [7, 11) is 0. The summed E-state index contributed by atoms with van der Waals surface area (Å²) >= 11 is 0. The number of hydrogen-bond donors (Lipinski definition) is 4. The SMILES string of the molecule is CCCCCCCCC=CCCCCCCCC(=O)OC(CO)CO.CCCCCCCCC=CCCCCCCCC(=O)OCC(O)CO. The van der Waals surface area contributed by atoms with Gasteiger partial charge in [0.15, 0.2) is 0 Å². The second-order valence-corrected chi connectivity index (χ2v) is 13.7. The van der Waals surface area contributed by atoms with Gasteiger partial charge in [0.1, 0.15) is 18.8 Å². The molecular formula is C42H80O8. The van der Waals surface area contributed by atoms with Crippen molar-refractivity contribution in [1.29, 1.82) is 0 Å². The average Bonchev–Trinajstić information content (AvgIpc) is 3.13. The van der Waals surface area contributed by atoms with Crippen LogP contribution in [0.5, 0.6) is 0 Å². The van der Waals surface area contributed by atoms with Gasteiger partial charge in [-0.05, 0) is 64.2 Å². The Hall–Kier alpha value is -1.74. The van der Waals surface area contributed by atoms with E-state index in [1.807, 2.05) is 0 Å². The van der Waals surface area contributed by atoms with Crippen LogP contribution in [0.1, 0.15) is 194 Å². The van der Waals surface area contributed by atoms with E-state index in [4.69, 9.17) is 29.9 Å². The van der Waals surface area contributed by atoms with Gasteiger partial charge in [-0.1, -0.05) is 141 Å². The van der Waals surface area contributed by atoms with Crippen LogP contribution in [-0.4, -0.2) is 71.0 Å². The largest absolute Gasteiger partial charge is 0.463 e. The maximum absolute atomic E-state index is 11.5. The summed E-state index contributed by atoms with van der Waals surface area (Å²) in [6.07, 6.45) is 40.3. The summed E-state index contributed by atoms with van der Waals surface area (Å²) in [6.45, 7) is 3.37. The summed E-state index contributed by atoms with van der Waals surface area (Å²) in [4.78, 5) is 22.8. The van der Waals surface area contributed by atoms with Crippen molar-refractivity contribution in [3.8, 4) is 0 Å². The number of esters is 2. The third kappa shape index (κ3) is 42.4. The molecule has 4 N–H and O–H groups in total. The third-order valence-corrected chi connectivity index (χ3v) is 8.64. The zero-order chi connectivity index (χ0) is 37.2. The molecule has 0 bridgehead atoms. The Bertz CT molecular complexity index is 750. The summed E-state index contributed by atoms with van der Waals surface area (Å²) < 4.78 is 9.78. The number of carbonyl (C=O) groups is 2. The number of rotatable bonds is 36. The van der Waals surface area contributed by atoms with Crippen molar-refractivity contribution >= 4 is 11.9 Å². The van der Waals surface area contributed by atoms with Gasteiger partial charge in [0.25, 0.3) is 0 Å². The minimum absolute atomic E-state index is 0.111. The molecule has 0 aliphatic heterocycles. The quantitative estimate of drug-likeness (QED) is 0.0287. The molecule has 8 heteroatoms. The van der Waals surface area contributed by atoms with E-state index in [1.165, 1.54) is 116 Å². The highest BCUT2D eigenvalue weighted by atomic mass is 16.6. The second kappa shape index (κ2) is 43.4. The highest BCUT2D eigenvalue weighted by molar-refractivity contribution is 5.69. The second-order valence-electron chi connectivity index (χ2n) is 13.7. The molecule has 296 valence electrons. The number of allylic oxidation sites excluding steroid dienone is 4. The molecule has 0 spiro atoms. The van der Waals surface area contributed by atoms with E-state index in [-0.39, 0.29) is 38.4 Å². The summed E-state index contributed by atoms with van der Waals surface area (Å²) in [5, 5.41) is 35.4. The molecule has 50 heavy (non-hydrogen) atoms. The fourth-order valence-corrected chi connectivity index (χ4v) is 5.37. The molecule has 0 fully saturated rings. The fraction of sp³-hybridized carbons (Fsp3) is 0.857. The summed E-state index contributed by atoms with van der Waals surface area (Å²) in [6, 6.07) is 0. The molecule has 0 saturated carbocycles. The number of ether oxygens (including phenoxy) is 2. The molecule has 0 rings (SSSR count). The molecule has 0 radical (unpaired) electrons. The molecule has 1 atom stereocenters. The van der Waals surface area contributed by atoms with Crippen LogP contribution in [0.2, 0.25) is 0 Å². The van der Waals surface area contributed by atoms with Gasteiger partial charge in [0.05, 0.1) is 19.8 Å². The van der Waals surface area contributed by atoms with Gasteiger partial charge >= 0.3 is 11.9 Å². The topological polar surface area (TPSA) is 134 Å². The summed E-state index contributed by atoms with van der Waals surface area (Å²) in [5.41, 5.74) is 0. The molecule has 0 aromatic rings. The van der Waals surface area contributed by atoms with Crippen LogP contribution in [0.4, 0.5) is 0 Å². The molecule has 0 aliphatic carbocycles. The first-order chi connectivity index (χ1) is 24.4. The van der Waals surface area contributed by atoms with Crippen molar-refractivity contribution in [2.75, 3.05) is 26.4 Å². The van der Waals surface area contributed by atoms with Crippen molar-refractivity contribution in [3.63, 3.8) is 0 Å². The normalized spacial score (nSPS) is 12.1. The monoisotopic (exact) mass is 713 g/mol. The van der Waals surface area contributed by atoms with Crippen LogP contribution in [0.15, 0.2) is 24.3 Å². The number of carbonyl (C=O) groups excluding carboxylic acids is 2. The highest BCUT2D eigenvalue weighted by Crippen LogP contribution is 2.12. The lowest BCUT2D eigenvalue weighted by molar-refractivity contribution is -0.153. The van der Waals surface area contributed by atoms with Crippen molar-refractivity contribution in [2.24, 2.45) is 0 Å². The Morgan fingerprint density at radius 2 is 0.820 bits per heavy atom. The number of unbranched alkanes of at least 4 members (excludes halogenated alkanes) is 22. The third-order valence-electron chi connectivity index (χ3n) is 8.64. The molecule has 0 aliphatic rings. The lowest BCUT2D eigenvalue weighted by Gasteiger charge is -2.12. The van der Waals surface area contributed by atoms with Crippen LogP contribution in [0.25, 0.3) is 0 Å². The summed E-state index contributed by atoms with van der Waals surface area (Å²) in [5.74, 6) is -0.615. The molecule has 1 unspecified atom stereocenters. The minimum atomic E-state index is -0.960. The number of aliphatic hydroxyl groups excluding tert-OH is 4. The van der Waals surface area contributed by atoms with Crippen molar-refractivity contribution < 1.29 is 39.5 Å². The van der Waals surface area contributed by atoms with Crippen LogP contribution in [0.3, 0.4) is 0 Å². The Labute approximate surface area is 307 Å². The smallest absolute Gasteiger partial charge is 0.306 e.